The van der Waals surface area contributed by atoms with Crippen molar-refractivity contribution in [2.24, 2.45) is 0 Å². The van der Waals surface area contributed by atoms with Gasteiger partial charge in [0.05, 0.1) is 0 Å². The minimum Gasteiger partial charge on any atom is -0.457 e. The van der Waals surface area contributed by atoms with Crippen molar-refractivity contribution in [1.82, 2.24) is 0 Å². The van der Waals surface area contributed by atoms with Crippen molar-refractivity contribution >= 4 is 18.4 Å². The molecule has 0 amide bonds. The van der Waals surface area contributed by atoms with Gasteiger partial charge in [-0.1, -0.05) is 36.4 Å². The molecule has 0 aliphatic heterocycles. The summed E-state index contributed by atoms with van der Waals surface area (Å²) >= 11 is 3.99. The number of ketones is 1. The molecule has 0 aromatic heterocycles. The van der Waals surface area contributed by atoms with E-state index in [0.717, 1.165) is 17.1 Å². The highest BCUT2D eigenvalue weighted by atomic mass is 32.1. The summed E-state index contributed by atoms with van der Waals surface area (Å²) in [5.74, 6) is 1.82. The van der Waals surface area contributed by atoms with E-state index in [9.17, 15) is 4.79 Å². The number of Topliss-reactive ketones (excluding diaryl/α,β-unsaturated/α-hetero) is 1. The normalized spacial score (nSPS) is 10.1. The van der Waals surface area contributed by atoms with Crippen LogP contribution < -0.4 is 4.74 Å². The van der Waals surface area contributed by atoms with Gasteiger partial charge in [0.25, 0.3) is 0 Å². The smallest absolute Gasteiger partial charge is 0.146 e. The maximum atomic E-state index is 11.5. The third-order valence-electron chi connectivity index (χ3n) is 2.51. The van der Waals surface area contributed by atoms with E-state index in [2.05, 4.69) is 12.6 Å². The van der Waals surface area contributed by atoms with Crippen molar-refractivity contribution in [2.45, 2.75) is 6.42 Å². The van der Waals surface area contributed by atoms with Crippen LogP contribution in [0.25, 0.3) is 0 Å². The molecule has 0 saturated carbocycles. The lowest BCUT2D eigenvalue weighted by atomic mass is 10.1. The molecule has 0 bridgehead atoms. The largest absolute Gasteiger partial charge is 0.457 e. The van der Waals surface area contributed by atoms with Gasteiger partial charge in [-0.05, 0) is 18.2 Å². The Hall–Kier alpha value is -1.74. The quantitative estimate of drug-likeness (QED) is 0.830. The first kappa shape index (κ1) is 12.7. The van der Waals surface area contributed by atoms with Gasteiger partial charge in [0.1, 0.15) is 17.3 Å². The summed E-state index contributed by atoms with van der Waals surface area (Å²) in [4.78, 5) is 11.5. The second-order valence-electron chi connectivity index (χ2n) is 3.90. The molecule has 0 aliphatic rings. The molecule has 18 heavy (non-hydrogen) atoms. The van der Waals surface area contributed by atoms with Crippen molar-refractivity contribution in [3.05, 3.63) is 60.2 Å². The van der Waals surface area contributed by atoms with E-state index in [1.165, 1.54) is 0 Å². The van der Waals surface area contributed by atoms with Gasteiger partial charge in [0.2, 0.25) is 0 Å². The molecule has 0 aliphatic carbocycles. The molecule has 0 heterocycles. The van der Waals surface area contributed by atoms with Crippen LogP contribution in [0.4, 0.5) is 0 Å². The zero-order valence-corrected chi connectivity index (χ0v) is 10.8. The molecule has 0 radical (unpaired) electrons. The number of para-hydroxylation sites is 2. The number of hydrogen-bond donors (Lipinski definition) is 1. The maximum Gasteiger partial charge on any atom is 0.146 e. The standard InChI is InChI=1S/C15H14O2S/c16-13(11-18)10-12-6-4-5-9-15(12)17-14-7-2-1-3-8-14/h1-9,18H,10-11H2. The molecule has 0 fully saturated rings. The molecule has 0 N–H and O–H groups in total. The van der Waals surface area contributed by atoms with Crippen molar-refractivity contribution in [3.63, 3.8) is 0 Å². The van der Waals surface area contributed by atoms with E-state index in [1.807, 2.05) is 54.6 Å². The minimum atomic E-state index is 0.0856. The van der Waals surface area contributed by atoms with Gasteiger partial charge in [-0.2, -0.15) is 12.6 Å². The van der Waals surface area contributed by atoms with Crippen molar-refractivity contribution < 1.29 is 9.53 Å². The summed E-state index contributed by atoms with van der Waals surface area (Å²) in [6, 6.07) is 17.1. The number of hydrogen-bond acceptors (Lipinski definition) is 3. The first-order valence-corrected chi connectivity index (χ1v) is 6.36. The second-order valence-corrected chi connectivity index (χ2v) is 4.21. The first-order chi connectivity index (χ1) is 8.79. The van der Waals surface area contributed by atoms with Gasteiger partial charge in [-0.3, -0.25) is 4.79 Å². The van der Waals surface area contributed by atoms with Gasteiger partial charge in [0.15, 0.2) is 0 Å². The summed E-state index contributed by atoms with van der Waals surface area (Å²) in [6.45, 7) is 0. The number of ether oxygens (including phenoxy) is 1. The summed E-state index contributed by atoms with van der Waals surface area (Å²) in [5, 5.41) is 0. The maximum absolute atomic E-state index is 11.5. The SMILES string of the molecule is O=C(CS)Cc1ccccc1Oc1ccccc1. The van der Waals surface area contributed by atoms with Crippen LogP contribution in [0, 0.1) is 0 Å². The predicted molar refractivity (Wildman–Crippen MR) is 75.5 cm³/mol. The van der Waals surface area contributed by atoms with Crippen molar-refractivity contribution in [3.8, 4) is 11.5 Å². The molecule has 92 valence electrons. The molecular weight excluding hydrogens is 244 g/mol. The van der Waals surface area contributed by atoms with E-state index >= 15 is 0 Å². The van der Waals surface area contributed by atoms with Gasteiger partial charge < -0.3 is 4.74 Å². The zero-order chi connectivity index (χ0) is 12.8. The Morgan fingerprint density at radius 1 is 1.00 bits per heavy atom. The number of rotatable bonds is 5. The predicted octanol–water partition coefficient (Wildman–Crippen LogP) is 3.52. The Kier molecular flexibility index (Phi) is 4.42. The van der Waals surface area contributed by atoms with Crippen LogP contribution in [0.1, 0.15) is 5.56 Å². The average molecular weight is 258 g/mol. The Morgan fingerprint density at radius 3 is 2.39 bits per heavy atom. The molecule has 2 nitrogen and oxygen atoms in total. The Bertz CT molecular complexity index is 523. The van der Waals surface area contributed by atoms with Crippen LogP contribution in [-0.2, 0) is 11.2 Å². The molecule has 3 heteroatoms. The van der Waals surface area contributed by atoms with Crippen LogP contribution >= 0.6 is 12.6 Å². The molecule has 0 saturated heterocycles. The molecule has 0 unspecified atom stereocenters. The molecule has 2 aromatic carbocycles. The summed E-state index contributed by atoms with van der Waals surface area (Å²) in [6.07, 6.45) is 0.354. The zero-order valence-electron chi connectivity index (χ0n) is 9.87. The number of carbonyl (C=O) groups is 1. The average Bonchev–Trinajstić information content (AvgIpc) is 2.42. The summed E-state index contributed by atoms with van der Waals surface area (Å²) in [5.41, 5.74) is 0.889. The second kappa shape index (κ2) is 6.26. The number of thiol groups is 1. The van der Waals surface area contributed by atoms with Crippen LogP contribution in [0.2, 0.25) is 0 Å². The Morgan fingerprint density at radius 2 is 1.67 bits per heavy atom. The molecular formula is C15H14O2S. The van der Waals surface area contributed by atoms with Gasteiger partial charge in [-0.15, -0.1) is 0 Å². The highest BCUT2D eigenvalue weighted by molar-refractivity contribution is 7.81. The number of carbonyl (C=O) groups excluding carboxylic acids is 1. The fourth-order valence-corrected chi connectivity index (χ4v) is 1.75. The van der Waals surface area contributed by atoms with Crippen LogP contribution in [0.5, 0.6) is 11.5 Å². The Balaban J connectivity index is 2.20. The van der Waals surface area contributed by atoms with Crippen LogP contribution in [0.15, 0.2) is 54.6 Å². The van der Waals surface area contributed by atoms with Crippen LogP contribution in [-0.4, -0.2) is 11.5 Å². The van der Waals surface area contributed by atoms with Gasteiger partial charge in [0, 0.05) is 17.7 Å². The summed E-state index contributed by atoms with van der Waals surface area (Å²) < 4.78 is 5.78. The van der Waals surface area contributed by atoms with Gasteiger partial charge >= 0.3 is 0 Å². The lowest BCUT2D eigenvalue weighted by molar-refractivity contribution is -0.116. The minimum absolute atomic E-state index is 0.0856. The van der Waals surface area contributed by atoms with Gasteiger partial charge in [-0.25, -0.2) is 0 Å². The molecule has 0 spiro atoms. The first-order valence-electron chi connectivity index (χ1n) is 5.73. The van der Waals surface area contributed by atoms with E-state index < -0.39 is 0 Å². The number of benzene rings is 2. The lowest BCUT2D eigenvalue weighted by Gasteiger charge is -2.10. The van der Waals surface area contributed by atoms with Crippen molar-refractivity contribution in [1.29, 1.82) is 0 Å². The molecule has 0 atom stereocenters. The Labute approximate surface area is 112 Å². The van der Waals surface area contributed by atoms with E-state index in [4.69, 9.17) is 4.74 Å². The summed E-state index contributed by atoms with van der Waals surface area (Å²) in [7, 11) is 0. The third-order valence-corrected chi connectivity index (χ3v) is 2.86. The lowest BCUT2D eigenvalue weighted by Crippen LogP contribution is -2.05. The van der Waals surface area contributed by atoms with Crippen molar-refractivity contribution in [2.75, 3.05) is 5.75 Å². The monoisotopic (exact) mass is 258 g/mol. The third kappa shape index (κ3) is 3.37. The molecule has 2 aromatic rings. The fraction of sp³-hybridized carbons (Fsp3) is 0.133. The topological polar surface area (TPSA) is 26.3 Å². The highest BCUT2D eigenvalue weighted by Gasteiger charge is 2.08. The van der Waals surface area contributed by atoms with Crippen LogP contribution in [0.3, 0.4) is 0 Å². The van der Waals surface area contributed by atoms with E-state index in [-0.39, 0.29) is 11.5 Å². The highest BCUT2D eigenvalue weighted by Crippen LogP contribution is 2.25. The van der Waals surface area contributed by atoms with E-state index in [0.29, 0.717) is 6.42 Å². The fourth-order valence-electron chi connectivity index (χ4n) is 1.63. The van der Waals surface area contributed by atoms with E-state index in [1.54, 1.807) is 0 Å². The molecule has 2 rings (SSSR count).